The van der Waals surface area contributed by atoms with Crippen LogP contribution in [0, 0.1) is 2.88 Å². The first-order valence-electron chi connectivity index (χ1n) is 6.00. The molecular formula is C12H19IN2S. The molecule has 0 saturated carbocycles. The fraction of sp³-hybridized carbons (Fsp3) is 0.667. The highest BCUT2D eigenvalue weighted by Crippen LogP contribution is 2.16. The topological polar surface area (TPSA) is 15.3 Å². The lowest BCUT2D eigenvalue weighted by atomic mass is 10.3. The standard InChI is InChI=1S/C12H19IN2S/c13-12-8-11(10-16-12)9-14-4-3-7-15-5-1-2-6-15/h8,10,14H,1-7,9H2. The van der Waals surface area contributed by atoms with Gasteiger partial charge in [0.2, 0.25) is 0 Å². The Labute approximate surface area is 116 Å². The molecule has 1 aromatic heterocycles. The normalized spacial score (nSPS) is 17.1. The fourth-order valence-corrected chi connectivity index (χ4v) is 3.52. The van der Waals surface area contributed by atoms with Gasteiger partial charge in [0.05, 0.1) is 2.88 Å². The van der Waals surface area contributed by atoms with Crippen molar-refractivity contribution >= 4 is 33.9 Å². The Hall–Kier alpha value is 0.350. The quantitative estimate of drug-likeness (QED) is 0.627. The summed E-state index contributed by atoms with van der Waals surface area (Å²) in [6, 6.07) is 2.26. The van der Waals surface area contributed by atoms with Gasteiger partial charge in [-0.1, -0.05) is 0 Å². The average Bonchev–Trinajstić information content (AvgIpc) is 2.89. The fourth-order valence-electron chi connectivity index (χ4n) is 2.11. The van der Waals surface area contributed by atoms with E-state index in [0.717, 1.165) is 13.1 Å². The largest absolute Gasteiger partial charge is 0.313 e. The molecule has 0 atom stereocenters. The van der Waals surface area contributed by atoms with Crippen LogP contribution >= 0.6 is 33.9 Å². The summed E-state index contributed by atoms with van der Waals surface area (Å²) in [6.45, 7) is 6.09. The van der Waals surface area contributed by atoms with Crippen LogP contribution in [0.3, 0.4) is 0 Å². The van der Waals surface area contributed by atoms with Crippen LogP contribution in [-0.2, 0) is 6.54 Å². The predicted octanol–water partition coefficient (Wildman–Crippen LogP) is 2.93. The molecule has 1 saturated heterocycles. The van der Waals surface area contributed by atoms with Gasteiger partial charge in [-0.05, 0) is 85.0 Å². The third kappa shape index (κ3) is 4.31. The predicted molar refractivity (Wildman–Crippen MR) is 79.0 cm³/mol. The Morgan fingerprint density at radius 1 is 1.38 bits per heavy atom. The highest BCUT2D eigenvalue weighted by molar-refractivity contribution is 14.1. The van der Waals surface area contributed by atoms with Gasteiger partial charge in [-0.25, -0.2) is 0 Å². The SMILES string of the molecule is Ic1cc(CNCCCN2CCCC2)cs1. The van der Waals surface area contributed by atoms with E-state index in [1.807, 2.05) is 11.3 Å². The van der Waals surface area contributed by atoms with E-state index in [9.17, 15) is 0 Å². The van der Waals surface area contributed by atoms with E-state index in [2.05, 4.69) is 44.3 Å². The lowest BCUT2D eigenvalue weighted by Crippen LogP contribution is -2.24. The third-order valence-corrected chi connectivity index (χ3v) is 4.82. The second kappa shape index (κ2) is 6.93. The molecule has 16 heavy (non-hydrogen) atoms. The van der Waals surface area contributed by atoms with Gasteiger partial charge in [0.15, 0.2) is 0 Å². The van der Waals surface area contributed by atoms with Crippen LogP contribution in [0.5, 0.6) is 0 Å². The molecule has 0 unspecified atom stereocenters. The van der Waals surface area contributed by atoms with Gasteiger partial charge in [0.1, 0.15) is 0 Å². The van der Waals surface area contributed by atoms with Crippen molar-refractivity contribution in [2.24, 2.45) is 0 Å². The molecule has 1 aliphatic rings. The van der Waals surface area contributed by atoms with Crippen LogP contribution in [0.25, 0.3) is 0 Å². The molecule has 1 aromatic rings. The first kappa shape index (κ1) is 12.8. The molecule has 2 heterocycles. The second-order valence-corrected chi connectivity index (χ2v) is 7.14. The maximum Gasteiger partial charge on any atom is 0.0656 e. The molecule has 0 aliphatic carbocycles. The van der Waals surface area contributed by atoms with E-state index in [-0.39, 0.29) is 0 Å². The van der Waals surface area contributed by atoms with Gasteiger partial charge in [-0.2, -0.15) is 0 Å². The van der Waals surface area contributed by atoms with Crippen molar-refractivity contribution in [2.75, 3.05) is 26.2 Å². The molecule has 1 N–H and O–H groups in total. The summed E-state index contributed by atoms with van der Waals surface area (Å²) in [7, 11) is 0. The zero-order valence-corrected chi connectivity index (χ0v) is 12.5. The molecule has 0 aromatic carbocycles. The maximum absolute atomic E-state index is 3.52. The lowest BCUT2D eigenvalue weighted by molar-refractivity contribution is 0.331. The number of nitrogens with zero attached hydrogens (tertiary/aromatic N) is 1. The summed E-state index contributed by atoms with van der Waals surface area (Å²) < 4.78 is 1.38. The Morgan fingerprint density at radius 3 is 2.88 bits per heavy atom. The number of nitrogens with one attached hydrogen (secondary N) is 1. The summed E-state index contributed by atoms with van der Waals surface area (Å²) in [6.07, 6.45) is 4.09. The van der Waals surface area contributed by atoms with Crippen molar-refractivity contribution < 1.29 is 0 Å². The van der Waals surface area contributed by atoms with Gasteiger partial charge in [-0.3, -0.25) is 0 Å². The lowest BCUT2D eigenvalue weighted by Gasteiger charge is -2.14. The molecule has 90 valence electrons. The van der Waals surface area contributed by atoms with E-state index in [1.165, 1.54) is 47.3 Å². The Balaban J connectivity index is 1.51. The highest BCUT2D eigenvalue weighted by atomic mass is 127. The number of hydrogen-bond acceptors (Lipinski definition) is 3. The van der Waals surface area contributed by atoms with Gasteiger partial charge in [0.25, 0.3) is 0 Å². The molecule has 0 amide bonds. The number of hydrogen-bond donors (Lipinski definition) is 1. The molecule has 1 fully saturated rings. The van der Waals surface area contributed by atoms with Crippen LogP contribution < -0.4 is 5.32 Å². The van der Waals surface area contributed by atoms with E-state index in [0.29, 0.717) is 0 Å². The number of halogens is 1. The van der Waals surface area contributed by atoms with Gasteiger partial charge < -0.3 is 10.2 Å². The van der Waals surface area contributed by atoms with Crippen LogP contribution in [0.4, 0.5) is 0 Å². The van der Waals surface area contributed by atoms with Crippen molar-refractivity contribution in [1.82, 2.24) is 10.2 Å². The van der Waals surface area contributed by atoms with Crippen molar-refractivity contribution in [3.63, 3.8) is 0 Å². The Kier molecular flexibility index (Phi) is 5.55. The van der Waals surface area contributed by atoms with Crippen LogP contribution in [0.2, 0.25) is 0 Å². The minimum absolute atomic E-state index is 1.03. The van der Waals surface area contributed by atoms with Crippen LogP contribution in [-0.4, -0.2) is 31.1 Å². The number of rotatable bonds is 6. The summed E-state index contributed by atoms with van der Waals surface area (Å²) in [5.74, 6) is 0. The van der Waals surface area contributed by atoms with Gasteiger partial charge in [0, 0.05) is 6.54 Å². The van der Waals surface area contributed by atoms with Gasteiger partial charge >= 0.3 is 0 Å². The first-order chi connectivity index (χ1) is 7.84. The molecule has 0 spiro atoms. The smallest absolute Gasteiger partial charge is 0.0656 e. The molecule has 2 nitrogen and oxygen atoms in total. The van der Waals surface area contributed by atoms with Crippen LogP contribution in [0.15, 0.2) is 11.4 Å². The minimum atomic E-state index is 1.03. The second-order valence-electron chi connectivity index (χ2n) is 4.34. The summed E-state index contributed by atoms with van der Waals surface area (Å²) >= 11 is 4.21. The minimum Gasteiger partial charge on any atom is -0.313 e. The van der Waals surface area contributed by atoms with Crippen LogP contribution in [0.1, 0.15) is 24.8 Å². The van der Waals surface area contributed by atoms with Crippen molar-refractivity contribution in [3.8, 4) is 0 Å². The molecule has 1 aliphatic heterocycles. The van der Waals surface area contributed by atoms with E-state index < -0.39 is 0 Å². The van der Waals surface area contributed by atoms with Crippen molar-refractivity contribution in [2.45, 2.75) is 25.8 Å². The Morgan fingerprint density at radius 2 is 2.19 bits per heavy atom. The van der Waals surface area contributed by atoms with E-state index in [1.54, 1.807) is 0 Å². The average molecular weight is 350 g/mol. The molecule has 2 rings (SSSR count). The first-order valence-corrected chi connectivity index (χ1v) is 7.96. The number of thiophene rings is 1. The Bertz CT molecular complexity index is 308. The molecule has 4 heteroatoms. The van der Waals surface area contributed by atoms with E-state index >= 15 is 0 Å². The molecule has 0 radical (unpaired) electrons. The van der Waals surface area contributed by atoms with Crippen molar-refractivity contribution in [1.29, 1.82) is 0 Å². The maximum atomic E-state index is 3.52. The van der Waals surface area contributed by atoms with E-state index in [4.69, 9.17) is 0 Å². The zero-order chi connectivity index (χ0) is 11.2. The zero-order valence-electron chi connectivity index (χ0n) is 9.54. The summed E-state index contributed by atoms with van der Waals surface area (Å²) in [5.41, 5.74) is 1.43. The summed E-state index contributed by atoms with van der Waals surface area (Å²) in [5, 5.41) is 5.76. The monoisotopic (exact) mass is 350 g/mol. The van der Waals surface area contributed by atoms with Crippen molar-refractivity contribution in [3.05, 3.63) is 19.9 Å². The number of likely N-dealkylation sites (tertiary alicyclic amines) is 1. The molecule has 0 bridgehead atoms. The highest BCUT2D eigenvalue weighted by Gasteiger charge is 2.09. The summed E-state index contributed by atoms with van der Waals surface area (Å²) in [4.78, 5) is 2.58. The third-order valence-electron chi connectivity index (χ3n) is 2.98. The van der Waals surface area contributed by atoms with Gasteiger partial charge in [-0.15, -0.1) is 11.3 Å². The molecular weight excluding hydrogens is 331 g/mol.